The Morgan fingerprint density at radius 2 is 1.92 bits per heavy atom. The number of nitrogens with one attached hydrogen (secondary N) is 3. The summed E-state index contributed by atoms with van der Waals surface area (Å²) in [5.74, 6) is -0.636. The summed E-state index contributed by atoms with van der Waals surface area (Å²) in [5.41, 5.74) is 0.861. The predicted molar refractivity (Wildman–Crippen MR) is 98.5 cm³/mol. The summed E-state index contributed by atoms with van der Waals surface area (Å²) in [6.07, 6.45) is 4.23. The molecule has 0 radical (unpaired) electrons. The number of anilines is 1. The lowest BCUT2D eigenvalue weighted by molar-refractivity contribution is -0.134. The van der Waals surface area contributed by atoms with E-state index in [1.807, 2.05) is 31.2 Å². The van der Waals surface area contributed by atoms with E-state index >= 15 is 0 Å². The zero-order valence-electron chi connectivity index (χ0n) is 15.1. The number of hydrogen-bond donors (Lipinski definition) is 3. The first-order valence-corrected chi connectivity index (χ1v) is 9.28. The van der Waals surface area contributed by atoms with Crippen molar-refractivity contribution in [1.82, 2.24) is 15.5 Å². The van der Waals surface area contributed by atoms with Crippen LogP contribution in [-0.4, -0.2) is 41.4 Å². The van der Waals surface area contributed by atoms with Crippen molar-refractivity contribution in [1.29, 1.82) is 0 Å². The van der Waals surface area contributed by atoms with Crippen LogP contribution in [0.1, 0.15) is 44.6 Å². The summed E-state index contributed by atoms with van der Waals surface area (Å²) in [7, 11) is 0. The fourth-order valence-electron chi connectivity index (χ4n) is 3.70. The maximum Gasteiger partial charge on any atom is 0.325 e. The highest BCUT2D eigenvalue weighted by atomic mass is 16.2. The fourth-order valence-corrected chi connectivity index (χ4v) is 3.70. The third-order valence-corrected chi connectivity index (χ3v) is 5.11. The molecule has 0 aromatic heterocycles. The van der Waals surface area contributed by atoms with Gasteiger partial charge in [-0.1, -0.05) is 44.4 Å². The van der Waals surface area contributed by atoms with Crippen LogP contribution in [0.4, 0.5) is 10.5 Å². The number of carbonyl (C=O) groups is 3. The summed E-state index contributed by atoms with van der Waals surface area (Å²) in [5, 5.41) is 8.88. The van der Waals surface area contributed by atoms with E-state index in [4.69, 9.17) is 0 Å². The molecular weight excluding hydrogens is 332 g/mol. The molecule has 7 heteroatoms. The van der Waals surface area contributed by atoms with E-state index in [1.165, 1.54) is 0 Å². The summed E-state index contributed by atoms with van der Waals surface area (Å²) < 4.78 is 0. The van der Waals surface area contributed by atoms with Crippen molar-refractivity contribution in [2.24, 2.45) is 0 Å². The molecule has 2 aliphatic rings. The number of urea groups is 1. The van der Waals surface area contributed by atoms with Gasteiger partial charge in [0.2, 0.25) is 5.91 Å². The van der Waals surface area contributed by atoms with Crippen LogP contribution in [0.2, 0.25) is 0 Å². The van der Waals surface area contributed by atoms with Gasteiger partial charge in [0.1, 0.15) is 12.1 Å². The molecule has 0 unspecified atom stereocenters. The van der Waals surface area contributed by atoms with Gasteiger partial charge in [0.25, 0.3) is 5.91 Å². The number of imide groups is 1. The Bertz CT molecular complexity index is 698. The van der Waals surface area contributed by atoms with Gasteiger partial charge in [-0.15, -0.1) is 0 Å². The van der Waals surface area contributed by atoms with E-state index in [-0.39, 0.29) is 18.4 Å². The molecule has 0 atom stereocenters. The largest absolute Gasteiger partial charge is 0.325 e. The molecule has 1 heterocycles. The van der Waals surface area contributed by atoms with Crippen molar-refractivity contribution in [3.8, 4) is 0 Å². The maximum atomic E-state index is 12.7. The van der Waals surface area contributed by atoms with Gasteiger partial charge in [0.05, 0.1) is 0 Å². The normalized spacial score (nSPS) is 18.9. The number of amides is 4. The molecule has 3 N–H and O–H groups in total. The Kier molecular flexibility index (Phi) is 5.56. The molecule has 2 fully saturated rings. The van der Waals surface area contributed by atoms with Gasteiger partial charge in [-0.2, -0.15) is 0 Å². The topological polar surface area (TPSA) is 90.5 Å². The lowest BCUT2D eigenvalue weighted by Crippen LogP contribution is -2.48. The Labute approximate surface area is 153 Å². The van der Waals surface area contributed by atoms with E-state index in [0.29, 0.717) is 25.1 Å². The van der Waals surface area contributed by atoms with Crippen LogP contribution in [0, 0.1) is 0 Å². The van der Waals surface area contributed by atoms with Gasteiger partial charge < -0.3 is 16.0 Å². The molecule has 1 saturated carbocycles. The molecule has 1 aromatic carbocycles. The molecule has 3 rings (SSSR count). The molecule has 0 bridgehead atoms. The monoisotopic (exact) mass is 358 g/mol. The highest BCUT2D eigenvalue weighted by Gasteiger charge is 2.51. The van der Waals surface area contributed by atoms with E-state index in [1.54, 1.807) is 0 Å². The van der Waals surface area contributed by atoms with Crippen molar-refractivity contribution in [2.45, 2.75) is 51.1 Å². The smallest absolute Gasteiger partial charge is 0.324 e. The summed E-state index contributed by atoms with van der Waals surface area (Å²) >= 11 is 0. The Hall–Kier alpha value is -2.41. The number of nitrogens with zero attached hydrogens (tertiary/aromatic N) is 1. The minimum absolute atomic E-state index is 0.262. The first kappa shape index (κ1) is 18.4. The summed E-state index contributed by atoms with van der Waals surface area (Å²) in [6, 6.07) is 7.04. The number of rotatable bonds is 6. The highest BCUT2D eigenvalue weighted by molar-refractivity contribution is 6.10. The molecule has 1 spiro atoms. The van der Waals surface area contributed by atoms with Gasteiger partial charge in [-0.25, -0.2) is 4.79 Å². The van der Waals surface area contributed by atoms with Crippen LogP contribution < -0.4 is 16.0 Å². The SMILES string of the molecule is CCNCc1ccccc1NC(=O)CN1C(=O)NC2(CCCCC2)C1=O. The second-order valence-corrected chi connectivity index (χ2v) is 6.95. The second kappa shape index (κ2) is 7.86. The molecule has 1 aromatic rings. The Morgan fingerprint density at radius 3 is 2.65 bits per heavy atom. The Morgan fingerprint density at radius 1 is 1.19 bits per heavy atom. The van der Waals surface area contributed by atoms with Crippen LogP contribution in [0.25, 0.3) is 0 Å². The van der Waals surface area contributed by atoms with Gasteiger partial charge >= 0.3 is 6.03 Å². The average Bonchev–Trinajstić information content (AvgIpc) is 2.85. The van der Waals surface area contributed by atoms with E-state index < -0.39 is 11.6 Å². The fraction of sp³-hybridized carbons (Fsp3) is 0.526. The number of hydrogen-bond acceptors (Lipinski definition) is 4. The molecule has 140 valence electrons. The minimum Gasteiger partial charge on any atom is -0.324 e. The van der Waals surface area contributed by atoms with Crippen molar-refractivity contribution in [3.63, 3.8) is 0 Å². The van der Waals surface area contributed by atoms with Gasteiger partial charge in [0.15, 0.2) is 0 Å². The van der Waals surface area contributed by atoms with Crippen molar-refractivity contribution >= 4 is 23.5 Å². The molecular formula is C19H26N4O3. The number of para-hydroxylation sites is 1. The summed E-state index contributed by atoms with van der Waals surface area (Å²) in [6.45, 7) is 3.22. The molecule has 1 saturated heterocycles. The highest BCUT2D eigenvalue weighted by Crippen LogP contribution is 2.33. The quantitative estimate of drug-likeness (QED) is 0.678. The first-order valence-electron chi connectivity index (χ1n) is 9.28. The van der Waals surface area contributed by atoms with Gasteiger partial charge in [-0.05, 0) is 31.0 Å². The number of carbonyl (C=O) groups excluding carboxylic acids is 3. The average molecular weight is 358 g/mol. The number of benzene rings is 1. The van der Waals surface area contributed by atoms with Crippen molar-refractivity contribution in [3.05, 3.63) is 29.8 Å². The third kappa shape index (κ3) is 3.72. The zero-order valence-corrected chi connectivity index (χ0v) is 15.1. The summed E-state index contributed by atoms with van der Waals surface area (Å²) in [4.78, 5) is 38.5. The molecule has 1 aliphatic carbocycles. The maximum absolute atomic E-state index is 12.7. The van der Waals surface area contributed by atoms with Crippen molar-refractivity contribution < 1.29 is 14.4 Å². The van der Waals surface area contributed by atoms with Crippen LogP contribution >= 0.6 is 0 Å². The first-order chi connectivity index (χ1) is 12.6. The molecule has 4 amide bonds. The molecule has 7 nitrogen and oxygen atoms in total. The van der Waals surface area contributed by atoms with E-state index in [9.17, 15) is 14.4 Å². The minimum atomic E-state index is -0.793. The van der Waals surface area contributed by atoms with Crippen molar-refractivity contribution in [2.75, 3.05) is 18.4 Å². The van der Waals surface area contributed by atoms with Gasteiger partial charge in [-0.3, -0.25) is 14.5 Å². The van der Waals surface area contributed by atoms with Gasteiger partial charge in [0, 0.05) is 12.2 Å². The van der Waals surface area contributed by atoms with Crippen LogP contribution in [-0.2, 0) is 16.1 Å². The predicted octanol–water partition coefficient (Wildman–Crippen LogP) is 1.99. The lowest BCUT2D eigenvalue weighted by Gasteiger charge is -2.30. The zero-order chi connectivity index (χ0) is 18.6. The second-order valence-electron chi connectivity index (χ2n) is 6.95. The Balaban J connectivity index is 1.65. The standard InChI is InChI=1S/C19H26N4O3/c1-2-20-12-14-8-4-5-9-15(14)21-16(24)13-23-17(25)19(22-18(23)26)10-6-3-7-11-19/h4-5,8-9,20H,2-3,6-7,10-13H2,1H3,(H,21,24)(H,22,26). The lowest BCUT2D eigenvalue weighted by atomic mass is 9.82. The third-order valence-electron chi connectivity index (χ3n) is 5.11. The van der Waals surface area contributed by atoms with E-state index in [0.717, 1.165) is 36.3 Å². The van der Waals surface area contributed by atoms with Crippen LogP contribution in [0.3, 0.4) is 0 Å². The van der Waals surface area contributed by atoms with Crippen LogP contribution in [0.15, 0.2) is 24.3 Å². The molecule has 1 aliphatic heterocycles. The van der Waals surface area contributed by atoms with E-state index in [2.05, 4.69) is 16.0 Å². The van der Waals surface area contributed by atoms with Crippen LogP contribution in [0.5, 0.6) is 0 Å². The molecule has 26 heavy (non-hydrogen) atoms.